The molecule has 0 radical (unpaired) electrons. The Balaban J connectivity index is 1.58. The van der Waals surface area contributed by atoms with Crippen LogP contribution < -0.4 is 5.32 Å². The lowest BCUT2D eigenvalue weighted by Crippen LogP contribution is -2.67. The third-order valence-electron chi connectivity index (χ3n) is 5.31. The van der Waals surface area contributed by atoms with Crippen LogP contribution in [0.3, 0.4) is 0 Å². The van der Waals surface area contributed by atoms with Crippen LogP contribution >= 0.6 is 0 Å². The van der Waals surface area contributed by atoms with Gasteiger partial charge in [-0.15, -0.1) is 0 Å². The van der Waals surface area contributed by atoms with E-state index in [2.05, 4.69) is 5.32 Å². The standard InChI is InChI=1S/C18H23NO4/c1-2-23-15-11-14(18(15)7-4-8-18)19-16(20)10-12-5-3-6-13(9-12)17(21)22/h3,5-6,9,14-15H,2,4,7-8,10-11H2,1H3,(H,19,20)(H,21,22). The van der Waals surface area contributed by atoms with Crippen molar-refractivity contribution in [3.05, 3.63) is 35.4 Å². The molecule has 2 aliphatic rings. The molecule has 1 aromatic rings. The molecule has 5 heteroatoms. The van der Waals surface area contributed by atoms with Crippen molar-refractivity contribution in [1.82, 2.24) is 5.32 Å². The van der Waals surface area contributed by atoms with Gasteiger partial charge < -0.3 is 15.2 Å². The van der Waals surface area contributed by atoms with Crippen molar-refractivity contribution in [3.63, 3.8) is 0 Å². The third kappa shape index (κ3) is 2.98. The molecule has 1 aromatic carbocycles. The first-order valence-corrected chi connectivity index (χ1v) is 8.28. The zero-order valence-corrected chi connectivity index (χ0v) is 13.4. The average Bonchev–Trinajstić information content (AvgIpc) is 2.44. The second-order valence-corrected chi connectivity index (χ2v) is 6.57. The highest BCUT2D eigenvalue weighted by molar-refractivity contribution is 5.88. The maximum Gasteiger partial charge on any atom is 0.335 e. The molecule has 2 aliphatic carbocycles. The molecule has 0 aromatic heterocycles. The minimum Gasteiger partial charge on any atom is -0.478 e. The Morgan fingerprint density at radius 1 is 1.39 bits per heavy atom. The molecule has 0 saturated heterocycles. The summed E-state index contributed by atoms with van der Waals surface area (Å²) in [5.74, 6) is -1.02. The number of ether oxygens (including phenoxy) is 1. The van der Waals surface area contributed by atoms with Crippen LogP contribution in [0.15, 0.2) is 24.3 Å². The average molecular weight is 317 g/mol. The van der Waals surface area contributed by atoms with Crippen molar-refractivity contribution >= 4 is 11.9 Å². The second kappa shape index (κ2) is 6.32. The van der Waals surface area contributed by atoms with Crippen molar-refractivity contribution in [1.29, 1.82) is 0 Å². The number of hydrogen-bond donors (Lipinski definition) is 2. The normalized spacial score (nSPS) is 24.6. The van der Waals surface area contributed by atoms with Gasteiger partial charge in [0.1, 0.15) is 0 Å². The molecular weight excluding hydrogens is 294 g/mol. The van der Waals surface area contributed by atoms with E-state index in [0.29, 0.717) is 0 Å². The number of aromatic carboxylic acids is 1. The zero-order chi connectivity index (χ0) is 16.4. The highest BCUT2D eigenvalue weighted by Crippen LogP contribution is 2.57. The summed E-state index contributed by atoms with van der Waals surface area (Å²) in [5.41, 5.74) is 1.09. The number of benzene rings is 1. The van der Waals surface area contributed by atoms with Crippen LogP contribution in [0.5, 0.6) is 0 Å². The molecule has 0 bridgehead atoms. The Kier molecular flexibility index (Phi) is 4.39. The molecule has 3 rings (SSSR count). The van der Waals surface area contributed by atoms with Crippen LogP contribution in [0.1, 0.15) is 48.5 Å². The van der Waals surface area contributed by atoms with Crippen molar-refractivity contribution in [2.24, 2.45) is 5.41 Å². The van der Waals surface area contributed by atoms with Crippen molar-refractivity contribution < 1.29 is 19.4 Å². The van der Waals surface area contributed by atoms with E-state index in [9.17, 15) is 9.59 Å². The van der Waals surface area contributed by atoms with E-state index in [4.69, 9.17) is 9.84 Å². The number of amides is 1. The van der Waals surface area contributed by atoms with Gasteiger partial charge in [0, 0.05) is 18.1 Å². The van der Waals surface area contributed by atoms with Crippen LogP contribution in [-0.2, 0) is 16.0 Å². The second-order valence-electron chi connectivity index (χ2n) is 6.57. The number of nitrogens with one attached hydrogen (secondary N) is 1. The molecule has 124 valence electrons. The molecule has 2 unspecified atom stereocenters. The Labute approximate surface area is 136 Å². The molecule has 2 N–H and O–H groups in total. The fraction of sp³-hybridized carbons (Fsp3) is 0.556. The third-order valence-corrected chi connectivity index (χ3v) is 5.31. The summed E-state index contributed by atoms with van der Waals surface area (Å²) in [4.78, 5) is 23.3. The van der Waals surface area contributed by atoms with Gasteiger partial charge in [0.15, 0.2) is 0 Å². The fourth-order valence-corrected chi connectivity index (χ4v) is 3.89. The summed E-state index contributed by atoms with van der Waals surface area (Å²) >= 11 is 0. The van der Waals surface area contributed by atoms with Gasteiger partial charge >= 0.3 is 5.97 Å². The molecule has 23 heavy (non-hydrogen) atoms. The molecule has 1 amide bonds. The summed E-state index contributed by atoms with van der Waals surface area (Å²) < 4.78 is 5.79. The fourth-order valence-electron chi connectivity index (χ4n) is 3.89. The van der Waals surface area contributed by atoms with Crippen LogP contribution in [-0.4, -0.2) is 35.7 Å². The molecule has 0 heterocycles. The summed E-state index contributed by atoms with van der Waals surface area (Å²) in [6.45, 7) is 2.72. The first-order chi connectivity index (χ1) is 11.0. The van der Waals surface area contributed by atoms with Gasteiger partial charge in [0.2, 0.25) is 5.91 Å². The molecular formula is C18H23NO4. The van der Waals surface area contributed by atoms with E-state index in [1.807, 2.05) is 6.92 Å². The summed E-state index contributed by atoms with van der Waals surface area (Å²) in [5, 5.41) is 12.1. The summed E-state index contributed by atoms with van der Waals surface area (Å²) in [6, 6.07) is 6.75. The monoisotopic (exact) mass is 317 g/mol. The summed E-state index contributed by atoms with van der Waals surface area (Å²) in [6.07, 6.45) is 4.83. The first kappa shape index (κ1) is 16.0. The maximum atomic E-state index is 12.3. The first-order valence-electron chi connectivity index (χ1n) is 8.28. The van der Waals surface area contributed by atoms with Gasteiger partial charge in [-0.05, 0) is 43.9 Å². The molecule has 0 aliphatic heterocycles. The zero-order valence-electron chi connectivity index (χ0n) is 13.4. The Hall–Kier alpha value is -1.88. The predicted molar refractivity (Wildman–Crippen MR) is 85.4 cm³/mol. The van der Waals surface area contributed by atoms with E-state index in [1.54, 1.807) is 18.2 Å². The number of rotatable bonds is 6. The number of carboxylic acid groups (broad SMARTS) is 1. The van der Waals surface area contributed by atoms with Crippen LogP contribution in [0.25, 0.3) is 0 Å². The summed E-state index contributed by atoms with van der Waals surface area (Å²) in [7, 11) is 0. The SMILES string of the molecule is CCOC1CC(NC(=O)Cc2cccc(C(=O)O)c2)C12CCC2. The maximum absolute atomic E-state index is 12.3. The van der Waals surface area contributed by atoms with Crippen molar-refractivity contribution in [2.75, 3.05) is 6.61 Å². The van der Waals surface area contributed by atoms with Gasteiger partial charge in [-0.3, -0.25) is 4.79 Å². The Morgan fingerprint density at radius 3 is 2.78 bits per heavy atom. The number of carbonyl (C=O) groups excluding carboxylic acids is 1. The van der Waals surface area contributed by atoms with E-state index in [1.165, 1.54) is 12.5 Å². The van der Waals surface area contributed by atoms with Gasteiger partial charge in [0.05, 0.1) is 18.1 Å². The highest BCUT2D eigenvalue weighted by Gasteiger charge is 2.59. The quantitative estimate of drug-likeness (QED) is 0.845. The van der Waals surface area contributed by atoms with E-state index in [-0.39, 0.29) is 35.5 Å². The molecule has 5 nitrogen and oxygen atoms in total. The minimum atomic E-state index is -0.973. The minimum absolute atomic E-state index is 0.0428. The van der Waals surface area contributed by atoms with E-state index < -0.39 is 5.97 Å². The lowest BCUT2D eigenvalue weighted by Gasteiger charge is -2.61. The number of hydrogen-bond acceptors (Lipinski definition) is 3. The number of carboxylic acids is 1. The number of carbonyl (C=O) groups is 2. The van der Waals surface area contributed by atoms with Crippen LogP contribution in [0.4, 0.5) is 0 Å². The van der Waals surface area contributed by atoms with Gasteiger partial charge in [-0.2, -0.15) is 0 Å². The van der Waals surface area contributed by atoms with E-state index >= 15 is 0 Å². The molecule has 1 spiro atoms. The lowest BCUT2D eigenvalue weighted by atomic mass is 9.51. The molecule has 2 atom stereocenters. The van der Waals surface area contributed by atoms with Gasteiger partial charge in [0.25, 0.3) is 0 Å². The molecule has 2 saturated carbocycles. The Morgan fingerprint density at radius 2 is 2.17 bits per heavy atom. The van der Waals surface area contributed by atoms with Gasteiger partial charge in [-0.1, -0.05) is 18.6 Å². The van der Waals surface area contributed by atoms with Crippen molar-refractivity contribution in [3.8, 4) is 0 Å². The largest absolute Gasteiger partial charge is 0.478 e. The molecule has 2 fully saturated rings. The van der Waals surface area contributed by atoms with Crippen molar-refractivity contribution in [2.45, 2.75) is 51.2 Å². The Bertz CT molecular complexity index is 609. The highest BCUT2D eigenvalue weighted by atomic mass is 16.5. The van der Waals surface area contributed by atoms with Gasteiger partial charge in [-0.25, -0.2) is 4.79 Å². The predicted octanol–water partition coefficient (Wildman–Crippen LogP) is 2.39. The van der Waals surface area contributed by atoms with E-state index in [0.717, 1.165) is 31.4 Å². The van der Waals surface area contributed by atoms with Crippen LogP contribution in [0, 0.1) is 5.41 Å². The topological polar surface area (TPSA) is 75.6 Å². The smallest absolute Gasteiger partial charge is 0.335 e. The lowest BCUT2D eigenvalue weighted by molar-refractivity contribution is -0.175. The van der Waals surface area contributed by atoms with Crippen LogP contribution in [0.2, 0.25) is 0 Å².